The Hall–Kier alpha value is -2.45. The molecular weight excluding hydrogens is 503 g/mol. The number of rotatable bonds is 7. The summed E-state index contributed by atoms with van der Waals surface area (Å²) in [7, 11) is 0. The number of fused-ring (bicyclic) bond motifs is 2. The second kappa shape index (κ2) is 10.4. The van der Waals surface area contributed by atoms with Gasteiger partial charge in [0.25, 0.3) is 0 Å². The summed E-state index contributed by atoms with van der Waals surface area (Å²) in [6.07, 6.45) is 0.528. The van der Waals surface area contributed by atoms with Gasteiger partial charge >= 0.3 is 5.97 Å². The van der Waals surface area contributed by atoms with Gasteiger partial charge in [-0.1, -0.05) is 46.9 Å². The van der Waals surface area contributed by atoms with Crippen LogP contribution in [0.25, 0.3) is 5.57 Å². The predicted molar refractivity (Wildman–Crippen MR) is 131 cm³/mol. The molecule has 2 atom stereocenters. The van der Waals surface area contributed by atoms with Crippen LogP contribution in [-0.2, 0) is 9.59 Å². The molecule has 2 aromatic carbocycles. The van der Waals surface area contributed by atoms with E-state index in [-0.39, 0.29) is 25.2 Å². The van der Waals surface area contributed by atoms with Gasteiger partial charge in [0.05, 0.1) is 26.7 Å². The number of hydrogen-bond donors (Lipinski definition) is 2. The largest absolute Gasteiger partial charge is 0.490 e. The predicted octanol–water partition coefficient (Wildman–Crippen LogP) is 4.54. The number of nitrogens with one attached hydrogen (secondary N) is 1. The molecule has 10 heteroatoms. The van der Waals surface area contributed by atoms with E-state index in [1.165, 1.54) is 13.0 Å². The Morgan fingerprint density at radius 1 is 1.03 bits per heavy atom. The van der Waals surface area contributed by atoms with Crippen molar-refractivity contribution in [3.05, 3.63) is 62.6 Å². The zero-order valence-electron chi connectivity index (χ0n) is 18.3. The Bertz CT molecular complexity index is 1140. The van der Waals surface area contributed by atoms with Crippen LogP contribution < -0.4 is 14.8 Å². The second-order valence-corrected chi connectivity index (χ2v) is 9.38. The van der Waals surface area contributed by atoms with Crippen LogP contribution in [0.5, 0.6) is 11.5 Å². The van der Waals surface area contributed by atoms with Gasteiger partial charge in [0, 0.05) is 32.1 Å². The van der Waals surface area contributed by atoms with Gasteiger partial charge in [-0.2, -0.15) is 0 Å². The number of ether oxygens (including phenoxy) is 2. The third kappa shape index (κ3) is 5.44. The number of aliphatic carboxylic acids is 1. The number of amides is 1. The van der Waals surface area contributed by atoms with Crippen LogP contribution in [0.4, 0.5) is 0 Å². The number of hydrogen-bond acceptors (Lipinski definition) is 5. The Morgan fingerprint density at radius 3 is 2.38 bits per heavy atom. The van der Waals surface area contributed by atoms with Gasteiger partial charge in [0.1, 0.15) is 24.7 Å². The average Bonchev–Trinajstić information content (AvgIpc) is 2.79. The highest BCUT2D eigenvalue weighted by atomic mass is 35.5. The quantitative estimate of drug-likeness (QED) is 0.408. The number of carbonyl (C=O) groups is 2. The minimum absolute atomic E-state index is 0.0158. The molecule has 4 rings (SSSR count). The van der Waals surface area contributed by atoms with E-state index in [1.807, 2.05) is 12.1 Å². The summed E-state index contributed by atoms with van der Waals surface area (Å²) in [5.74, 6) is 0.0243. The van der Waals surface area contributed by atoms with Crippen molar-refractivity contribution in [2.24, 2.45) is 0 Å². The zero-order chi connectivity index (χ0) is 24.4. The van der Waals surface area contributed by atoms with Crippen LogP contribution in [0.2, 0.25) is 15.1 Å². The summed E-state index contributed by atoms with van der Waals surface area (Å²) < 4.78 is 11.4. The molecule has 2 aliphatic heterocycles. The molecule has 34 heavy (non-hydrogen) atoms. The SMILES string of the molecule is CC(=O)N1CC2CC(c3ccc(OCCOc4cc(Cl)c(Cl)cc4Cl)cc3)=C(C(=O)O)[C@@H](C1)N2. The molecule has 0 spiro atoms. The Kier molecular flexibility index (Phi) is 7.57. The summed E-state index contributed by atoms with van der Waals surface area (Å²) in [5, 5.41) is 14.3. The number of piperazine rings is 1. The van der Waals surface area contributed by atoms with Crippen molar-refractivity contribution in [1.82, 2.24) is 10.2 Å². The lowest BCUT2D eigenvalue weighted by molar-refractivity contribution is -0.135. The molecule has 0 radical (unpaired) electrons. The van der Waals surface area contributed by atoms with Crippen molar-refractivity contribution in [3.8, 4) is 11.5 Å². The van der Waals surface area contributed by atoms with Crippen molar-refractivity contribution in [1.29, 1.82) is 0 Å². The minimum Gasteiger partial charge on any atom is -0.490 e. The van der Waals surface area contributed by atoms with Gasteiger partial charge in [-0.25, -0.2) is 4.79 Å². The maximum Gasteiger partial charge on any atom is 0.333 e. The number of carboxylic acid groups (broad SMARTS) is 1. The normalized spacial score (nSPS) is 19.7. The smallest absolute Gasteiger partial charge is 0.333 e. The topological polar surface area (TPSA) is 88.1 Å². The Morgan fingerprint density at radius 2 is 1.71 bits per heavy atom. The van der Waals surface area contributed by atoms with Crippen LogP contribution in [-0.4, -0.2) is 60.3 Å². The summed E-state index contributed by atoms with van der Waals surface area (Å²) in [6, 6.07) is 10.0. The van der Waals surface area contributed by atoms with Crippen molar-refractivity contribution in [2.45, 2.75) is 25.4 Å². The van der Waals surface area contributed by atoms with E-state index in [4.69, 9.17) is 44.3 Å². The fourth-order valence-corrected chi connectivity index (χ4v) is 4.89. The first-order chi connectivity index (χ1) is 16.2. The second-order valence-electron chi connectivity index (χ2n) is 8.16. The molecule has 2 heterocycles. The molecule has 180 valence electrons. The van der Waals surface area contributed by atoms with Gasteiger partial charge < -0.3 is 24.8 Å². The molecule has 0 aliphatic carbocycles. The van der Waals surface area contributed by atoms with Crippen LogP contribution in [0.15, 0.2) is 42.0 Å². The number of benzene rings is 2. The van der Waals surface area contributed by atoms with Gasteiger partial charge in [-0.3, -0.25) is 4.79 Å². The molecule has 2 bridgehead atoms. The molecule has 2 N–H and O–H groups in total. The lowest BCUT2D eigenvalue weighted by Crippen LogP contribution is -2.61. The van der Waals surface area contributed by atoms with Gasteiger partial charge in [-0.15, -0.1) is 0 Å². The van der Waals surface area contributed by atoms with Crippen LogP contribution in [0.1, 0.15) is 18.9 Å². The van der Waals surface area contributed by atoms with Crippen molar-refractivity contribution in [2.75, 3.05) is 26.3 Å². The molecule has 2 aromatic rings. The first-order valence-electron chi connectivity index (χ1n) is 10.7. The summed E-state index contributed by atoms with van der Waals surface area (Å²) in [6.45, 7) is 2.94. The highest BCUT2D eigenvalue weighted by Gasteiger charge is 2.39. The minimum atomic E-state index is -0.977. The van der Waals surface area contributed by atoms with E-state index in [0.29, 0.717) is 51.7 Å². The van der Waals surface area contributed by atoms with Crippen molar-refractivity contribution < 1.29 is 24.2 Å². The maximum atomic E-state index is 12.1. The lowest BCUT2D eigenvalue weighted by Gasteiger charge is -2.43. The van der Waals surface area contributed by atoms with Gasteiger partial charge in [0.15, 0.2) is 0 Å². The Labute approximate surface area is 212 Å². The molecule has 2 aliphatic rings. The van der Waals surface area contributed by atoms with Crippen molar-refractivity contribution >= 4 is 52.3 Å². The van der Waals surface area contributed by atoms with E-state index in [1.54, 1.807) is 23.1 Å². The van der Waals surface area contributed by atoms with Crippen LogP contribution in [0.3, 0.4) is 0 Å². The fraction of sp³-hybridized carbons (Fsp3) is 0.333. The highest BCUT2D eigenvalue weighted by molar-refractivity contribution is 6.43. The molecule has 7 nitrogen and oxygen atoms in total. The van der Waals surface area contributed by atoms with Gasteiger partial charge in [-0.05, 0) is 35.8 Å². The van der Waals surface area contributed by atoms with Crippen LogP contribution >= 0.6 is 34.8 Å². The van der Waals surface area contributed by atoms with Crippen molar-refractivity contribution in [3.63, 3.8) is 0 Å². The van der Waals surface area contributed by atoms with E-state index >= 15 is 0 Å². The number of halogens is 3. The third-order valence-corrected chi connectivity index (χ3v) is 6.89. The lowest BCUT2D eigenvalue weighted by atomic mass is 9.83. The van der Waals surface area contributed by atoms with E-state index < -0.39 is 12.0 Å². The maximum absolute atomic E-state index is 12.1. The molecule has 0 aromatic heterocycles. The van der Waals surface area contributed by atoms with E-state index in [0.717, 1.165) is 11.1 Å². The average molecular weight is 526 g/mol. The number of carboxylic acids is 1. The van der Waals surface area contributed by atoms with Crippen LogP contribution in [0, 0.1) is 0 Å². The fourth-order valence-electron chi connectivity index (χ4n) is 4.30. The monoisotopic (exact) mass is 524 g/mol. The van der Waals surface area contributed by atoms with E-state index in [9.17, 15) is 14.7 Å². The molecule has 1 unspecified atom stereocenters. The third-order valence-electron chi connectivity index (χ3n) is 5.87. The zero-order valence-corrected chi connectivity index (χ0v) is 20.6. The molecule has 1 saturated heterocycles. The summed E-state index contributed by atoms with van der Waals surface area (Å²) in [4.78, 5) is 25.6. The molecule has 1 amide bonds. The molecule has 0 saturated carbocycles. The highest BCUT2D eigenvalue weighted by Crippen LogP contribution is 2.35. The first kappa shape index (κ1) is 24.7. The summed E-state index contributed by atoms with van der Waals surface area (Å²) >= 11 is 18.0. The standard InChI is InChI=1S/C24H23Cl3N2O5/c1-13(30)29-11-15-8-17(23(24(31)32)21(12-29)28-15)14-2-4-16(5-3-14)33-6-7-34-22-10-19(26)18(25)9-20(22)27/h2-5,9-10,15,21,28H,6-8,11-12H2,1H3,(H,31,32)/t15?,21-/m1/s1. The van der Waals surface area contributed by atoms with Gasteiger partial charge in [0.2, 0.25) is 5.91 Å². The Balaban J connectivity index is 1.41. The molecular formula is C24H23Cl3N2O5. The molecule has 1 fully saturated rings. The summed E-state index contributed by atoms with van der Waals surface area (Å²) in [5.41, 5.74) is 1.92. The first-order valence-corrected chi connectivity index (χ1v) is 11.8. The number of carbonyl (C=O) groups excluding carboxylic acids is 1. The number of nitrogens with zero attached hydrogens (tertiary/aromatic N) is 1. The van der Waals surface area contributed by atoms with E-state index in [2.05, 4.69) is 5.32 Å².